The third-order valence-corrected chi connectivity index (χ3v) is 10.6. The summed E-state index contributed by atoms with van der Waals surface area (Å²) in [7, 11) is 1.62. The standard InChI is InChI=1S/C23H22N2O6S2/c1-8(22(28)29)25-20(26)15-10-7-11(16(15)21(25)27)17-14(10)13(9-5-3-4-6-12(9)31-2)18-19(32-17)24-23(30)33-18/h3-6,8,10-11,13-17H,7H2,1-2H3,(H,24,30)(H,28,29)/t8-,10-,11+,13+,14+,15+,16-,17-/m1/s1. The molecule has 6 rings (SSSR count). The van der Waals surface area contributed by atoms with Gasteiger partial charge in [-0.25, -0.2) is 4.79 Å². The van der Waals surface area contributed by atoms with Crippen molar-refractivity contribution in [3.63, 3.8) is 0 Å². The third kappa shape index (κ3) is 2.70. The Labute approximate surface area is 197 Å². The number of aromatic nitrogens is 1. The zero-order valence-electron chi connectivity index (χ0n) is 17.9. The first-order chi connectivity index (χ1) is 15.8. The minimum Gasteiger partial charge on any atom is -0.496 e. The number of para-hydroxylation sites is 1. The summed E-state index contributed by atoms with van der Waals surface area (Å²) in [5.41, 5.74) is 0.975. The van der Waals surface area contributed by atoms with Crippen LogP contribution >= 0.6 is 23.1 Å². The molecule has 2 aliphatic carbocycles. The number of hydrogen-bond donors (Lipinski definition) is 2. The van der Waals surface area contributed by atoms with Crippen LogP contribution in [0.15, 0.2) is 34.1 Å². The zero-order valence-corrected chi connectivity index (χ0v) is 19.5. The molecule has 33 heavy (non-hydrogen) atoms. The van der Waals surface area contributed by atoms with Crippen molar-refractivity contribution in [2.75, 3.05) is 7.11 Å². The van der Waals surface area contributed by atoms with E-state index in [1.807, 2.05) is 24.3 Å². The second-order valence-corrected chi connectivity index (χ2v) is 11.5. The van der Waals surface area contributed by atoms with Gasteiger partial charge in [0.05, 0.1) is 24.0 Å². The normalized spacial score (nSPS) is 34.7. The fraction of sp³-hybridized carbons (Fsp3) is 0.478. The van der Waals surface area contributed by atoms with Crippen molar-refractivity contribution < 1.29 is 24.2 Å². The average molecular weight is 487 g/mol. The molecule has 10 heteroatoms. The lowest BCUT2D eigenvalue weighted by molar-refractivity contribution is -0.154. The Morgan fingerprint density at radius 1 is 1.18 bits per heavy atom. The molecule has 0 radical (unpaired) electrons. The summed E-state index contributed by atoms with van der Waals surface area (Å²) >= 11 is 2.80. The molecule has 2 aromatic rings. The van der Waals surface area contributed by atoms with Crippen molar-refractivity contribution in [2.24, 2.45) is 29.6 Å². The van der Waals surface area contributed by atoms with Crippen LogP contribution in [-0.2, 0) is 14.4 Å². The average Bonchev–Trinajstić information content (AvgIpc) is 3.52. The van der Waals surface area contributed by atoms with Crippen LogP contribution in [0.4, 0.5) is 0 Å². The zero-order chi connectivity index (χ0) is 23.2. The Morgan fingerprint density at radius 3 is 2.58 bits per heavy atom. The Morgan fingerprint density at radius 2 is 1.88 bits per heavy atom. The van der Waals surface area contributed by atoms with Crippen molar-refractivity contribution in [3.05, 3.63) is 44.4 Å². The molecule has 3 heterocycles. The number of carbonyl (C=O) groups excluding carboxylic acids is 2. The molecule has 3 fully saturated rings. The summed E-state index contributed by atoms with van der Waals surface area (Å²) < 4.78 is 5.66. The Kier molecular flexibility index (Phi) is 4.58. The van der Waals surface area contributed by atoms with Crippen LogP contribution in [0, 0.1) is 29.6 Å². The first-order valence-corrected chi connectivity index (χ1v) is 12.7. The summed E-state index contributed by atoms with van der Waals surface area (Å²) in [6.45, 7) is 1.39. The van der Waals surface area contributed by atoms with Crippen LogP contribution in [-0.4, -0.2) is 51.2 Å². The second-order valence-electron chi connectivity index (χ2n) is 9.26. The molecule has 8 atom stereocenters. The molecule has 8 nitrogen and oxygen atoms in total. The maximum Gasteiger partial charge on any atom is 0.326 e. The Balaban J connectivity index is 1.47. The number of carboxylic acid groups (broad SMARTS) is 1. The molecule has 0 unspecified atom stereocenters. The molecule has 2 bridgehead atoms. The first kappa shape index (κ1) is 21.0. The second kappa shape index (κ2) is 7.20. The molecule has 1 aromatic heterocycles. The van der Waals surface area contributed by atoms with E-state index in [-0.39, 0.29) is 45.6 Å². The van der Waals surface area contributed by atoms with Gasteiger partial charge in [-0.05, 0) is 37.2 Å². The van der Waals surface area contributed by atoms with Crippen LogP contribution < -0.4 is 9.61 Å². The molecule has 2 aliphatic heterocycles. The van der Waals surface area contributed by atoms with Gasteiger partial charge in [-0.15, -0.1) is 11.8 Å². The number of nitrogens with zero attached hydrogens (tertiary/aromatic N) is 1. The molecule has 2 N–H and O–H groups in total. The van der Waals surface area contributed by atoms with E-state index >= 15 is 0 Å². The number of rotatable bonds is 4. The quantitative estimate of drug-likeness (QED) is 0.638. The topological polar surface area (TPSA) is 117 Å². The number of hydrogen-bond acceptors (Lipinski definition) is 7. The summed E-state index contributed by atoms with van der Waals surface area (Å²) in [6.07, 6.45) is 0.759. The lowest BCUT2D eigenvalue weighted by atomic mass is 9.68. The highest BCUT2D eigenvalue weighted by Gasteiger charge is 2.70. The highest BCUT2D eigenvalue weighted by molar-refractivity contribution is 8.00. The minimum atomic E-state index is -1.18. The Hall–Kier alpha value is -2.59. The van der Waals surface area contributed by atoms with E-state index in [4.69, 9.17) is 4.74 Å². The molecule has 2 amide bonds. The number of ether oxygens (including phenoxy) is 1. The van der Waals surface area contributed by atoms with E-state index in [1.54, 1.807) is 18.9 Å². The van der Waals surface area contributed by atoms with Crippen LogP contribution in [0.3, 0.4) is 0 Å². The number of thioether (sulfide) groups is 1. The fourth-order valence-electron chi connectivity index (χ4n) is 6.80. The minimum absolute atomic E-state index is 0.0359. The predicted molar refractivity (Wildman–Crippen MR) is 120 cm³/mol. The smallest absolute Gasteiger partial charge is 0.326 e. The van der Waals surface area contributed by atoms with Crippen LogP contribution in [0.5, 0.6) is 5.75 Å². The molecule has 2 saturated carbocycles. The van der Waals surface area contributed by atoms with Crippen molar-refractivity contribution in [2.45, 2.75) is 35.6 Å². The number of nitrogens with one attached hydrogen (secondary N) is 1. The summed E-state index contributed by atoms with van der Waals surface area (Å²) in [4.78, 5) is 55.3. The number of amides is 2. The number of thiazole rings is 1. The van der Waals surface area contributed by atoms with Gasteiger partial charge < -0.3 is 14.8 Å². The lowest BCUT2D eigenvalue weighted by Gasteiger charge is -2.43. The highest BCUT2D eigenvalue weighted by Crippen LogP contribution is 2.69. The number of likely N-dealkylation sites (tertiary alicyclic amines) is 1. The van der Waals surface area contributed by atoms with Gasteiger partial charge in [0.2, 0.25) is 11.8 Å². The Bertz CT molecular complexity index is 1250. The van der Waals surface area contributed by atoms with Crippen molar-refractivity contribution in [3.8, 4) is 5.75 Å². The highest BCUT2D eigenvalue weighted by atomic mass is 32.2. The van der Waals surface area contributed by atoms with Gasteiger partial charge in [0.15, 0.2) is 0 Å². The van der Waals surface area contributed by atoms with Crippen molar-refractivity contribution in [1.82, 2.24) is 9.88 Å². The fourth-order valence-corrected chi connectivity index (χ4v) is 9.68. The number of methoxy groups -OCH3 is 1. The van der Waals surface area contributed by atoms with Gasteiger partial charge in [-0.3, -0.25) is 19.3 Å². The number of H-pyrrole nitrogens is 1. The number of fused-ring (bicyclic) bond motifs is 9. The SMILES string of the molecule is COc1ccccc1[C@@H]1c2sc(=O)[nH]c2S[C@@H]2[C@H]3C[C@@H]([C@@H]4C(=O)N([C@H](C)C(=O)O)C(=O)[C@H]34)[C@@H]12. The first-order valence-electron chi connectivity index (χ1n) is 11.0. The molecule has 172 valence electrons. The van der Waals surface area contributed by atoms with E-state index in [9.17, 15) is 24.3 Å². The lowest BCUT2D eigenvalue weighted by Crippen LogP contribution is -2.44. The molecule has 4 aliphatic rings. The van der Waals surface area contributed by atoms with E-state index in [1.165, 1.54) is 18.3 Å². The number of benzene rings is 1. The van der Waals surface area contributed by atoms with Crippen LogP contribution in [0.25, 0.3) is 0 Å². The van der Waals surface area contributed by atoms with Crippen LogP contribution in [0.1, 0.15) is 29.7 Å². The number of carboxylic acids is 1. The predicted octanol–water partition coefficient (Wildman–Crippen LogP) is 2.39. The van der Waals surface area contributed by atoms with Gasteiger partial charge >= 0.3 is 10.8 Å². The van der Waals surface area contributed by atoms with Gasteiger partial charge in [0.1, 0.15) is 11.8 Å². The largest absolute Gasteiger partial charge is 0.496 e. The van der Waals surface area contributed by atoms with Crippen LogP contribution in [0.2, 0.25) is 0 Å². The maximum atomic E-state index is 13.4. The molecular weight excluding hydrogens is 464 g/mol. The number of aliphatic carboxylic acids is 1. The number of imide groups is 1. The van der Waals surface area contributed by atoms with E-state index < -0.39 is 23.8 Å². The monoisotopic (exact) mass is 486 g/mol. The summed E-state index contributed by atoms with van der Waals surface area (Å²) in [5, 5.41) is 10.4. The van der Waals surface area contributed by atoms with Gasteiger partial charge in [0.25, 0.3) is 0 Å². The maximum absolute atomic E-state index is 13.4. The summed E-state index contributed by atoms with van der Waals surface area (Å²) in [6, 6.07) is 6.58. The van der Waals surface area contributed by atoms with E-state index in [2.05, 4.69) is 4.98 Å². The number of carbonyl (C=O) groups is 3. The molecule has 1 saturated heterocycles. The third-order valence-electron chi connectivity index (χ3n) is 7.98. The van der Waals surface area contributed by atoms with E-state index in [0.29, 0.717) is 0 Å². The molecular formula is C23H22N2O6S2. The number of aromatic amines is 1. The van der Waals surface area contributed by atoms with Crippen molar-refractivity contribution >= 4 is 40.9 Å². The van der Waals surface area contributed by atoms with Gasteiger partial charge in [-0.2, -0.15) is 0 Å². The van der Waals surface area contributed by atoms with E-state index in [0.717, 1.165) is 32.5 Å². The van der Waals surface area contributed by atoms with Gasteiger partial charge in [-0.1, -0.05) is 29.5 Å². The van der Waals surface area contributed by atoms with Gasteiger partial charge in [0, 0.05) is 21.6 Å². The van der Waals surface area contributed by atoms with Crippen molar-refractivity contribution in [1.29, 1.82) is 0 Å². The molecule has 0 spiro atoms. The molecule has 1 aromatic carbocycles. The summed E-state index contributed by atoms with van der Waals surface area (Å²) in [5.74, 6) is -2.32.